The van der Waals surface area contributed by atoms with Gasteiger partial charge in [-0.1, -0.05) is 13.8 Å². The van der Waals surface area contributed by atoms with Gasteiger partial charge in [0.2, 0.25) is 0 Å². The summed E-state index contributed by atoms with van der Waals surface area (Å²) in [5, 5.41) is 4.38. The maximum Gasteiger partial charge on any atom is 0.106 e. The fourth-order valence-corrected chi connectivity index (χ4v) is 5.62. The molecule has 6 nitrogen and oxygen atoms in total. The molecule has 29 heavy (non-hydrogen) atoms. The average Bonchev–Trinajstić information content (AvgIpc) is 3.19. The Morgan fingerprint density at radius 2 is 1.83 bits per heavy atom. The summed E-state index contributed by atoms with van der Waals surface area (Å²) in [4.78, 5) is 10.5. The standard InChI is InChI=1S/C23H38N6/c1-17(2)12-27-9-7-23(8-10-27)16-28(14-20-11-24-26(6)13-20)15-21-22(23)25-19(5)29(21)18(3)4/h11,13,17-18H,7-10,12,14-16H2,1-6H3. The third-order valence-corrected chi connectivity index (χ3v) is 6.71. The van der Waals surface area contributed by atoms with E-state index in [-0.39, 0.29) is 5.41 Å². The van der Waals surface area contributed by atoms with Crippen LogP contribution in [0.2, 0.25) is 0 Å². The summed E-state index contributed by atoms with van der Waals surface area (Å²) in [6, 6.07) is 0.447. The molecule has 0 saturated carbocycles. The number of imidazole rings is 1. The second kappa shape index (κ2) is 7.88. The Kier molecular flexibility index (Phi) is 5.60. The first-order chi connectivity index (χ1) is 13.8. The van der Waals surface area contributed by atoms with Crippen LogP contribution in [0.1, 0.15) is 69.4 Å². The van der Waals surface area contributed by atoms with Crippen molar-refractivity contribution in [3.05, 3.63) is 35.2 Å². The van der Waals surface area contributed by atoms with E-state index < -0.39 is 0 Å². The number of rotatable bonds is 5. The molecule has 2 aliphatic heterocycles. The topological polar surface area (TPSA) is 42.1 Å². The van der Waals surface area contributed by atoms with Crippen molar-refractivity contribution in [1.29, 1.82) is 0 Å². The summed E-state index contributed by atoms with van der Waals surface area (Å²) in [5.41, 5.74) is 4.34. The van der Waals surface area contributed by atoms with Crippen LogP contribution in [0.5, 0.6) is 0 Å². The number of likely N-dealkylation sites (tertiary alicyclic amines) is 1. The Balaban J connectivity index is 1.64. The van der Waals surface area contributed by atoms with Crippen LogP contribution in [0.3, 0.4) is 0 Å². The van der Waals surface area contributed by atoms with Crippen molar-refractivity contribution in [2.45, 2.75) is 72.0 Å². The molecule has 1 saturated heterocycles. The van der Waals surface area contributed by atoms with E-state index in [0.29, 0.717) is 6.04 Å². The molecule has 4 heterocycles. The second-order valence-corrected chi connectivity index (χ2v) is 10.1. The second-order valence-electron chi connectivity index (χ2n) is 10.1. The zero-order chi connectivity index (χ0) is 20.8. The zero-order valence-corrected chi connectivity index (χ0v) is 19.1. The molecule has 0 atom stereocenters. The molecule has 1 fully saturated rings. The molecule has 1 spiro atoms. The van der Waals surface area contributed by atoms with E-state index in [0.717, 1.165) is 25.6 Å². The number of hydrogen-bond donors (Lipinski definition) is 0. The van der Waals surface area contributed by atoms with Crippen LogP contribution in [0.4, 0.5) is 0 Å². The minimum atomic E-state index is 0.189. The summed E-state index contributed by atoms with van der Waals surface area (Å²) >= 11 is 0. The largest absolute Gasteiger partial charge is 0.328 e. The third-order valence-electron chi connectivity index (χ3n) is 6.71. The Bertz CT molecular complexity index is 838. The highest BCUT2D eigenvalue weighted by Gasteiger charge is 2.45. The van der Waals surface area contributed by atoms with E-state index in [1.165, 1.54) is 55.3 Å². The molecule has 6 heteroatoms. The molecule has 0 bridgehead atoms. The molecule has 0 amide bonds. The van der Waals surface area contributed by atoms with Crippen LogP contribution in [0.15, 0.2) is 12.4 Å². The van der Waals surface area contributed by atoms with Crippen LogP contribution in [-0.4, -0.2) is 55.3 Å². The van der Waals surface area contributed by atoms with Gasteiger partial charge < -0.3 is 9.47 Å². The summed E-state index contributed by atoms with van der Waals surface area (Å²) < 4.78 is 4.39. The van der Waals surface area contributed by atoms with Crippen LogP contribution in [0, 0.1) is 12.8 Å². The number of nitrogens with zero attached hydrogens (tertiary/aromatic N) is 6. The molecule has 2 aliphatic rings. The van der Waals surface area contributed by atoms with Crippen molar-refractivity contribution in [3.63, 3.8) is 0 Å². The van der Waals surface area contributed by atoms with Gasteiger partial charge in [0.1, 0.15) is 5.82 Å². The molecule has 0 N–H and O–H groups in total. The molecular formula is C23H38N6. The fraction of sp³-hybridized carbons (Fsp3) is 0.739. The summed E-state index contributed by atoms with van der Waals surface area (Å²) in [5.74, 6) is 1.91. The quantitative estimate of drug-likeness (QED) is 0.773. The van der Waals surface area contributed by atoms with E-state index in [2.05, 4.69) is 60.3 Å². The van der Waals surface area contributed by atoms with Gasteiger partial charge in [-0.25, -0.2) is 4.98 Å². The lowest BCUT2D eigenvalue weighted by Gasteiger charge is -2.47. The number of aromatic nitrogens is 4. The maximum atomic E-state index is 5.18. The molecule has 0 aliphatic carbocycles. The van der Waals surface area contributed by atoms with Crippen LogP contribution >= 0.6 is 0 Å². The van der Waals surface area contributed by atoms with E-state index in [9.17, 15) is 0 Å². The Labute approximate surface area is 175 Å². The predicted octanol–water partition coefficient (Wildman–Crippen LogP) is 3.51. The molecule has 2 aromatic rings. The summed E-state index contributed by atoms with van der Waals surface area (Å²) in [6.45, 7) is 18.1. The van der Waals surface area contributed by atoms with Gasteiger partial charge in [0.15, 0.2) is 0 Å². The van der Waals surface area contributed by atoms with Crippen molar-refractivity contribution in [1.82, 2.24) is 29.1 Å². The van der Waals surface area contributed by atoms with E-state index in [1.807, 2.05) is 17.9 Å². The highest BCUT2D eigenvalue weighted by Crippen LogP contribution is 2.42. The minimum Gasteiger partial charge on any atom is -0.328 e. The van der Waals surface area contributed by atoms with Gasteiger partial charge in [-0.15, -0.1) is 0 Å². The van der Waals surface area contributed by atoms with Gasteiger partial charge >= 0.3 is 0 Å². The lowest BCUT2D eigenvalue weighted by molar-refractivity contribution is 0.0841. The Morgan fingerprint density at radius 1 is 1.10 bits per heavy atom. The molecule has 4 rings (SSSR count). The average molecular weight is 399 g/mol. The van der Waals surface area contributed by atoms with Gasteiger partial charge in [0.25, 0.3) is 0 Å². The number of aryl methyl sites for hydroxylation is 2. The number of fused-ring (bicyclic) bond motifs is 2. The van der Waals surface area contributed by atoms with Gasteiger partial charge in [0.05, 0.1) is 17.6 Å². The fourth-order valence-electron chi connectivity index (χ4n) is 5.62. The molecular weight excluding hydrogens is 360 g/mol. The van der Waals surface area contributed by atoms with Crippen molar-refractivity contribution in [3.8, 4) is 0 Å². The van der Waals surface area contributed by atoms with Crippen molar-refractivity contribution in [2.75, 3.05) is 26.2 Å². The van der Waals surface area contributed by atoms with Crippen LogP contribution in [0.25, 0.3) is 0 Å². The van der Waals surface area contributed by atoms with Crippen molar-refractivity contribution in [2.24, 2.45) is 13.0 Å². The molecule has 160 valence electrons. The molecule has 0 aromatic carbocycles. The maximum absolute atomic E-state index is 5.18. The first-order valence-electron chi connectivity index (χ1n) is 11.3. The highest BCUT2D eigenvalue weighted by atomic mass is 15.3. The SMILES string of the molecule is Cc1nc2c(n1C(C)C)CN(Cc1cnn(C)c1)CC21CCN(CC(C)C)CC1. The molecule has 0 radical (unpaired) electrons. The van der Waals surface area contributed by atoms with Gasteiger partial charge in [-0.2, -0.15) is 5.10 Å². The summed E-state index contributed by atoms with van der Waals surface area (Å²) in [6.07, 6.45) is 6.59. The third kappa shape index (κ3) is 4.02. The van der Waals surface area contributed by atoms with E-state index in [4.69, 9.17) is 4.98 Å². The molecule has 0 unspecified atom stereocenters. The van der Waals surface area contributed by atoms with Crippen LogP contribution < -0.4 is 0 Å². The smallest absolute Gasteiger partial charge is 0.106 e. The summed E-state index contributed by atoms with van der Waals surface area (Å²) in [7, 11) is 2.00. The lowest BCUT2D eigenvalue weighted by Crippen LogP contribution is -2.52. The Morgan fingerprint density at radius 3 is 2.41 bits per heavy atom. The van der Waals surface area contributed by atoms with Crippen molar-refractivity contribution >= 4 is 0 Å². The lowest BCUT2D eigenvalue weighted by atomic mass is 9.72. The van der Waals surface area contributed by atoms with Crippen molar-refractivity contribution < 1.29 is 0 Å². The van der Waals surface area contributed by atoms with Crippen LogP contribution in [-0.2, 0) is 25.6 Å². The first-order valence-corrected chi connectivity index (χ1v) is 11.3. The van der Waals surface area contributed by atoms with E-state index in [1.54, 1.807) is 0 Å². The van der Waals surface area contributed by atoms with Gasteiger partial charge in [-0.05, 0) is 52.6 Å². The number of hydrogen-bond acceptors (Lipinski definition) is 4. The highest BCUT2D eigenvalue weighted by molar-refractivity contribution is 5.31. The Hall–Kier alpha value is -1.66. The predicted molar refractivity (Wildman–Crippen MR) is 117 cm³/mol. The zero-order valence-electron chi connectivity index (χ0n) is 19.1. The van der Waals surface area contributed by atoms with E-state index >= 15 is 0 Å². The normalized spacial score (nSPS) is 20.1. The van der Waals surface area contributed by atoms with Gasteiger partial charge in [0, 0.05) is 56.4 Å². The minimum absolute atomic E-state index is 0.189. The monoisotopic (exact) mass is 398 g/mol. The number of piperidine rings is 1. The molecule has 2 aromatic heterocycles. The van der Waals surface area contributed by atoms with Gasteiger partial charge in [-0.3, -0.25) is 9.58 Å². The first kappa shape index (κ1) is 20.6.